The molecule has 12 aromatic heterocycles. The molecule has 0 aliphatic carbocycles. The molecule has 0 aromatic carbocycles. The number of aromatic nitrogens is 11. The van der Waals surface area contributed by atoms with Gasteiger partial charge in [0, 0.05) is 247 Å². The van der Waals surface area contributed by atoms with Crippen molar-refractivity contribution in [2.45, 2.75) is 231 Å². The van der Waals surface area contributed by atoms with Crippen molar-refractivity contribution in [1.82, 2.24) is 79.3 Å². The van der Waals surface area contributed by atoms with Crippen LogP contribution in [0, 0.1) is 69.2 Å². The monoisotopic (exact) mass is 2170 g/mol. The molecule has 4 fully saturated rings. The predicted molar refractivity (Wildman–Crippen MR) is 578 cm³/mol. The quantitative estimate of drug-likeness (QED) is 0.0285. The second-order valence-electron chi connectivity index (χ2n) is 33.3. The van der Waals surface area contributed by atoms with Gasteiger partial charge in [-0.3, -0.25) is 57.6 Å². The van der Waals surface area contributed by atoms with Crippen LogP contribution >= 0.6 is 125 Å². The maximum Gasteiger partial charge on any atom is 0.282 e. The molecule has 32 nitrogen and oxygen atoms in total. The van der Waals surface area contributed by atoms with E-state index in [1.807, 2.05) is 96.5 Å². The first-order chi connectivity index (χ1) is 68.2. The summed E-state index contributed by atoms with van der Waals surface area (Å²) in [6, 6.07) is 4.40. The van der Waals surface area contributed by atoms with Gasteiger partial charge in [-0.15, -0.1) is 125 Å². The van der Waals surface area contributed by atoms with E-state index in [1.165, 1.54) is 163 Å². The van der Waals surface area contributed by atoms with E-state index in [0.717, 1.165) is 157 Å². The molecule has 0 saturated carbocycles. The van der Waals surface area contributed by atoms with Crippen LogP contribution in [0.2, 0.25) is 0 Å². The summed E-state index contributed by atoms with van der Waals surface area (Å²) in [7, 11) is 4.86. The zero-order valence-corrected chi connectivity index (χ0v) is 92.8. The Labute approximate surface area is 884 Å². The van der Waals surface area contributed by atoms with Gasteiger partial charge in [0.15, 0.2) is 90.7 Å². The number of nitrogens with two attached hydrogens (primary N) is 1. The number of piperidine rings is 1. The molecule has 43 heteroatoms. The molecule has 0 atom stereocenters. The van der Waals surface area contributed by atoms with Crippen LogP contribution in [0.25, 0.3) is 0 Å². The molecular formula is C100H137N17O15S11. The average Bonchev–Trinajstić information content (AvgIpc) is 1.77. The molecule has 2 N–H and O–H groups in total. The highest BCUT2D eigenvalue weighted by molar-refractivity contribution is 7.16. The summed E-state index contributed by atoms with van der Waals surface area (Å²) in [5.74, 6) is 1.69. The fraction of sp³-hybridized carbons (Fsp3) is 0.520. The minimum atomic E-state index is -0.0525. The Morgan fingerprint density at radius 2 is 0.797 bits per heavy atom. The number of methoxy groups -OCH3 is 1. The maximum absolute atomic E-state index is 12.3. The lowest BCUT2D eigenvalue weighted by atomic mass is 10.0. The van der Waals surface area contributed by atoms with Gasteiger partial charge in [0.25, 0.3) is 5.91 Å². The van der Waals surface area contributed by atoms with E-state index in [4.69, 9.17) is 19.6 Å². The van der Waals surface area contributed by atoms with Gasteiger partial charge >= 0.3 is 0 Å². The number of amides is 3. The van der Waals surface area contributed by atoms with Gasteiger partial charge in [0.05, 0.1) is 39.1 Å². The van der Waals surface area contributed by atoms with E-state index in [2.05, 4.69) is 83.2 Å². The second kappa shape index (κ2) is 68.1. The van der Waals surface area contributed by atoms with E-state index < -0.39 is 0 Å². The summed E-state index contributed by atoms with van der Waals surface area (Å²) in [5, 5.41) is 8.78. The molecule has 0 unspecified atom stereocenters. The van der Waals surface area contributed by atoms with E-state index in [9.17, 15) is 52.7 Å². The Hall–Kier alpha value is -9.42. The first-order valence-corrected chi connectivity index (χ1v) is 56.3. The number of nitrogens with zero attached hydrogens (tertiary/aromatic N) is 16. The van der Waals surface area contributed by atoms with Crippen molar-refractivity contribution in [3.05, 3.63) is 197 Å². The number of Topliss-reactive ketones (excluding diaryl/α,β-unsaturated/α-hetero) is 8. The number of ketones is 8. The van der Waals surface area contributed by atoms with Gasteiger partial charge < -0.3 is 44.0 Å². The molecule has 778 valence electrons. The highest BCUT2D eigenvalue weighted by Crippen LogP contribution is 2.27. The zero-order chi connectivity index (χ0) is 103. The average molecular weight is 2170 g/mol. The third kappa shape index (κ3) is 47.8. The number of aryl methyl sites for hydroxylation is 11. The minimum absolute atomic E-state index is 0. The number of morpholine rings is 2. The molecule has 16 rings (SSSR count). The van der Waals surface area contributed by atoms with Crippen LogP contribution < -0.4 is 5.73 Å². The Kier molecular flexibility index (Phi) is 58.2. The molecule has 0 radical (unpaired) electrons. The molecule has 3 amide bonds. The molecule has 0 spiro atoms. The normalized spacial score (nSPS) is 13.2. The summed E-state index contributed by atoms with van der Waals surface area (Å²) >= 11 is 16.0. The number of carbonyl (C=O) groups excluding carboxylic acids is 11. The molecule has 12 aromatic rings. The van der Waals surface area contributed by atoms with Crippen molar-refractivity contribution in [1.29, 1.82) is 0 Å². The number of rotatable bonds is 35. The minimum Gasteiger partial charge on any atom is -0.469 e. The summed E-state index contributed by atoms with van der Waals surface area (Å²) in [6.07, 6.45) is 37.1. The fourth-order valence-corrected chi connectivity index (χ4v) is 21.1. The molecule has 143 heavy (non-hydrogen) atoms. The van der Waals surface area contributed by atoms with Gasteiger partial charge in [0.2, 0.25) is 17.6 Å². The number of likely N-dealkylation sites (tertiary alicyclic amines) is 2. The van der Waals surface area contributed by atoms with E-state index in [1.54, 1.807) is 88.5 Å². The van der Waals surface area contributed by atoms with Crippen LogP contribution in [0.3, 0.4) is 0 Å². The first-order valence-electron chi connectivity index (χ1n) is 47.2. The van der Waals surface area contributed by atoms with Gasteiger partial charge in [-0.05, 0) is 152 Å². The first kappa shape index (κ1) is 122. The highest BCUT2D eigenvalue weighted by Gasteiger charge is 2.30. The van der Waals surface area contributed by atoms with E-state index in [-0.39, 0.29) is 90.9 Å². The number of nitrogen functional groups attached to an aromatic ring is 1. The van der Waals surface area contributed by atoms with Gasteiger partial charge in [0.1, 0.15) is 17.4 Å². The second-order valence-corrected chi connectivity index (χ2v) is 46.7. The summed E-state index contributed by atoms with van der Waals surface area (Å²) in [4.78, 5) is 193. The number of unbranched alkanes of at least 4 members (excludes halogenated alkanes) is 3. The lowest BCUT2D eigenvalue weighted by Gasteiger charge is -2.36. The Morgan fingerprint density at radius 1 is 0.413 bits per heavy atom. The Morgan fingerprint density at radius 3 is 1.17 bits per heavy atom. The van der Waals surface area contributed by atoms with Crippen molar-refractivity contribution in [2.24, 2.45) is 0 Å². The maximum atomic E-state index is 12.3. The number of carbonyl (C=O) groups is 11. The van der Waals surface area contributed by atoms with Crippen LogP contribution in [0.4, 0.5) is 5.13 Å². The number of anilines is 1. The number of hydrogen-bond donors (Lipinski definition) is 1. The third-order valence-electron chi connectivity index (χ3n) is 20.9. The molecule has 0 bridgehead atoms. The van der Waals surface area contributed by atoms with Crippen molar-refractivity contribution in [3.8, 4) is 0 Å². The predicted octanol–water partition coefficient (Wildman–Crippen LogP) is 21.2. The molecular weight excluding hydrogens is 2030 g/mol. The Balaban J connectivity index is 0.000000245. The third-order valence-corrected chi connectivity index (χ3v) is 31.0. The van der Waals surface area contributed by atoms with Crippen LogP contribution in [-0.4, -0.2) is 262 Å². The number of ether oxygens (including phenoxy) is 3. The van der Waals surface area contributed by atoms with Crippen LogP contribution in [0.15, 0.2) is 96.4 Å². The largest absolute Gasteiger partial charge is 0.469 e. The zero-order valence-electron chi connectivity index (χ0n) is 83.8. The molecule has 16 heterocycles. The molecule has 4 aliphatic heterocycles. The van der Waals surface area contributed by atoms with E-state index >= 15 is 0 Å². The summed E-state index contributed by atoms with van der Waals surface area (Å²) in [6.45, 7) is 35.3. The highest BCUT2D eigenvalue weighted by atomic mass is 32.1. The number of furan rings is 1. The van der Waals surface area contributed by atoms with Gasteiger partial charge in [-0.25, -0.2) is 54.8 Å². The standard InChI is InChI=1S/C14H21N3OS.C13H18N2O3S.C12H18N2O2S.C11H11NO2S.C10H14N2O2S.C10H15NOS.C9H8N2OS2.C9H13NOS.C7H9NO2S.C4H6N2S.CH4/c1-11-10-15-13(19-11)14(18)17-8-4-12(5-9-17)16-6-2-3-7-16;1-10-9-14-13(19-10)11(16)3-2-4-12(17)15-5-7-18-8-6-15;1-10-9-13-12(17-10)11(15)3-2-4-14-5-7-16-8-6-14;1-8-7-12-11(15-8)10(13)5-4-9-3-2-6-14-9;1-7-6-11-10(15-7)8(13)4-5-9(14)12(2)3;1-3-4-5-6-9(12)10-11-7-8(2)13-10;1-6-5-11-9(14-6)7(12)4-8-10-2-3-13-8;1-3-4-5-8(11)9-10-6-7(2)12-9;1-5-3-8-7(11-5)6(9)4-10-2;1-3-2-6-4(5)7-3;/h10,12H,2-9H2,1H3;9H,2-8H2,1H3;9H,2-8H2,1H3;2-3,6-7H,4-5H2,1H3;6H,4-5H2,1-3H3;7H,3-6H2,1-2H3;2-3,5H,4H2,1H3;6H,3-5H2,1-2H3;3H,4H2,1-2H3;2H,1H3,(H2,5,6);1H4. The number of thiazole rings is 11. The van der Waals surface area contributed by atoms with Crippen LogP contribution in [0.1, 0.15) is 291 Å². The lowest BCUT2D eigenvalue weighted by Crippen LogP contribution is -2.45. The van der Waals surface area contributed by atoms with Crippen LogP contribution in [-0.2, 0) is 36.6 Å². The SMILES string of the molecule is C.CCCCC(=O)c1ncc(C)s1.CCCCCC(=O)c1ncc(C)s1.COCC(=O)c1ncc(C)s1.Cc1cnc(C(=O)CCC(=O)N(C)C)s1.Cc1cnc(C(=O)CCCC(=O)N2CCOCC2)s1.Cc1cnc(C(=O)CCCN2CCOCC2)s1.Cc1cnc(C(=O)CCc2ccco2)s1.Cc1cnc(C(=O)Cc2nccs2)s1.Cc1cnc(C(=O)N2CCC(N3CCCC3)CC2)s1.Cc1cnc(N)s1. The summed E-state index contributed by atoms with van der Waals surface area (Å²) in [5.41, 5.74) is 5.29. The smallest absolute Gasteiger partial charge is 0.282 e. The molecule has 4 saturated heterocycles. The van der Waals surface area contributed by atoms with Crippen molar-refractivity contribution in [3.63, 3.8) is 0 Å². The van der Waals surface area contributed by atoms with Gasteiger partial charge in [-0.2, -0.15) is 0 Å². The number of hydrogen-bond acceptors (Lipinski definition) is 40. The van der Waals surface area contributed by atoms with Gasteiger partial charge in [-0.1, -0.05) is 40.5 Å². The van der Waals surface area contributed by atoms with Crippen molar-refractivity contribution < 1.29 is 71.4 Å². The van der Waals surface area contributed by atoms with Crippen molar-refractivity contribution in [2.75, 3.05) is 119 Å². The Bertz CT molecular complexity index is 5740. The van der Waals surface area contributed by atoms with Crippen LogP contribution in [0.5, 0.6) is 0 Å². The lowest BCUT2D eigenvalue weighted by molar-refractivity contribution is -0.135. The fourth-order valence-electron chi connectivity index (χ4n) is 13.4. The summed E-state index contributed by atoms with van der Waals surface area (Å²) < 4.78 is 20.3. The van der Waals surface area contributed by atoms with Crippen molar-refractivity contribution >= 4 is 194 Å². The molecule has 4 aliphatic rings. The topological polar surface area (TPSA) is 413 Å². The van der Waals surface area contributed by atoms with E-state index in [0.29, 0.717) is 140 Å².